The van der Waals surface area contributed by atoms with E-state index in [2.05, 4.69) is 43.4 Å². The third-order valence-corrected chi connectivity index (χ3v) is 9.79. The minimum absolute atomic E-state index is 0.122. The lowest BCUT2D eigenvalue weighted by Crippen LogP contribution is -2.21. The number of fused-ring (bicyclic) bond motifs is 8. The van der Waals surface area contributed by atoms with Crippen LogP contribution in [-0.4, -0.2) is 51.9 Å². The number of ether oxygens (including phenoxy) is 2. The molecule has 1 unspecified atom stereocenters. The number of ketones is 1. The van der Waals surface area contributed by atoms with E-state index in [0.717, 1.165) is 67.9 Å². The highest BCUT2D eigenvalue weighted by Gasteiger charge is 2.45. The van der Waals surface area contributed by atoms with E-state index in [4.69, 9.17) is 19.4 Å². The molecule has 9 nitrogen and oxygen atoms in total. The van der Waals surface area contributed by atoms with E-state index in [-0.39, 0.29) is 30.0 Å². The summed E-state index contributed by atoms with van der Waals surface area (Å²) in [5.74, 6) is -2.83. The number of rotatable bonds is 6. The van der Waals surface area contributed by atoms with Crippen molar-refractivity contribution in [1.29, 1.82) is 0 Å². The van der Waals surface area contributed by atoms with Gasteiger partial charge in [0, 0.05) is 57.2 Å². The molecule has 8 bridgehead atoms. The molecular formula is C36H38N4O5. The maximum absolute atomic E-state index is 14.1. The van der Waals surface area contributed by atoms with Crippen LogP contribution >= 0.6 is 0 Å². The Morgan fingerprint density at radius 1 is 0.978 bits per heavy atom. The van der Waals surface area contributed by atoms with Crippen molar-refractivity contribution in [3.63, 3.8) is 0 Å². The first kappa shape index (κ1) is 30.2. The summed E-state index contributed by atoms with van der Waals surface area (Å²) in [7, 11) is 2.66. The number of allylic oxidation sites excluding steroid dienone is 2. The van der Waals surface area contributed by atoms with Gasteiger partial charge in [0.05, 0.1) is 36.8 Å². The first-order valence-corrected chi connectivity index (χ1v) is 15.3. The molecule has 6 rings (SSSR count). The average Bonchev–Trinajstić information content (AvgIpc) is 3.76. The SMILES string of the molecule is C=Cc1c(C)c2cc3nc(c4c5[nH]c(cc6nc(cc1[nH]2)C(C)=C6CC)c(C)c5C(=O)C4C(=O)OC)[C@@H](CCC(=O)OC)[C@@H]3C. The van der Waals surface area contributed by atoms with Gasteiger partial charge in [-0.3, -0.25) is 19.4 Å². The van der Waals surface area contributed by atoms with Crippen molar-refractivity contribution in [1.82, 2.24) is 19.9 Å². The van der Waals surface area contributed by atoms with Crippen molar-refractivity contribution in [2.75, 3.05) is 14.2 Å². The lowest BCUT2D eigenvalue weighted by molar-refractivity contribution is -0.142. The molecule has 0 radical (unpaired) electrons. The predicted octanol–water partition coefficient (Wildman–Crippen LogP) is 7.21. The molecule has 9 heteroatoms. The van der Waals surface area contributed by atoms with Gasteiger partial charge >= 0.3 is 11.9 Å². The van der Waals surface area contributed by atoms with Gasteiger partial charge in [0.25, 0.3) is 0 Å². The first-order chi connectivity index (χ1) is 21.5. The number of nitrogens with zero attached hydrogens (tertiary/aromatic N) is 2. The molecule has 0 spiro atoms. The molecular weight excluding hydrogens is 568 g/mol. The van der Waals surface area contributed by atoms with Crippen molar-refractivity contribution in [3.8, 4) is 0 Å². The number of methoxy groups -OCH3 is 2. The summed E-state index contributed by atoms with van der Waals surface area (Å²) >= 11 is 0. The molecule has 3 aliphatic rings. The van der Waals surface area contributed by atoms with Crippen molar-refractivity contribution < 1.29 is 23.9 Å². The number of aromatic nitrogens is 4. The Morgan fingerprint density at radius 3 is 2.36 bits per heavy atom. The zero-order chi connectivity index (χ0) is 32.3. The van der Waals surface area contributed by atoms with E-state index in [1.54, 1.807) is 0 Å². The Morgan fingerprint density at radius 2 is 1.69 bits per heavy atom. The quantitative estimate of drug-likeness (QED) is 0.224. The summed E-state index contributed by atoms with van der Waals surface area (Å²) in [6, 6.07) is 6.07. The number of aryl methyl sites for hydroxylation is 2. The summed E-state index contributed by atoms with van der Waals surface area (Å²) in [5, 5.41) is 0. The second kappa shape index (κ2) is 11.3. The number of carbonyl (C=O) groups excluding carboxylic acids is 3. The standard InChI is InChI=1S/C36H38N4O5/c1-9-20-16(3)23-13-25-18(5)22(11-12-29(41)44-7)33(39-25)31-32(36(43)45-8)35(42)30-19(6)26(40-34(30)31)15-28-21(10-2)17(4)24(38-28)14-27(20)37-23/h9,13-15,18,22,32,37,40H,1,10-12H2,2-8H3/t18-,22-,32?/m0/s1. The topological polar surface area (TPSA) is 127 Å². The molecule has 3 aromatic rings. The number of hydrogen-bond acceptors (Lipinski definition) is 7. The van der Waals surface area contributed by atoms with Crippen molar-refractivity contribution >= 4 is 57.0 Å². The van der Waals surface area contributed by atoms with Crippen molar-refractivity contribution in [3.05, 3.63) is 75.4 Å². The van der Waals surface area contributed by atoms with Gasteiger partial charge in [0.1, 0.15) is 5.92 Å². The van der Waals surface area contributed by atoms with Gasteiger partial charge in [-0.15, -0.1) is 0 Å². The Hall–Kier alpha value is -4.79. The second-order valence-electron chi connectivity index (χ2n) is 12.0. The molecule has 3 atom stereocenters. The molecule has 0 aromatic carbocycles. The van der Waals surface area contributed by atoms with Gasteiger partial charge in [-0.05, 0) is 74.1 Å². The molecule has 1 aliphatic carbocycles. The van der Waals surface area contributed by atoms with Gasteiger partial charge < -0.3 is 19.4 Å². The van der Waals surface area contributed by atoms with Crippen LogP contribution in [0.2, 0.25) is 0 Å². The van der Waals surface area contributed by atoms with E-state index in [1.165, 1.54) is 14.2 Å². The molecule has 5 heterocycles. The number of carbonyl (C=O) groups is 3. The van der Waals surface area contributed by atoms with Crippen LogP contribution in [0.3, 0.4) is 0 Å². The van der Waals surface area contributed by atoms with Crippen LogP contribution < -0.4 is 0 Å². The maximum Gasteiger partial charge on any atom is 0.321 e. The monoisotopic (exact) mass is 606 g/mol. The normalized spacial score (nSPS) is 18.8. The van der Waals surface area contributed by atoms with E-state index in [1.807, 2.05) is 32.1 Å². The van der Waals surface area contributed by atoms with E-state index >= 15 is 0 Å². The number of H-pyrrole nitrogens is 2. The molecule has 3 aromatic heterocycles. The summed E-state index contributed by atoms with van der Waals surface area (Å²) in [4.78, 5) is 56.9. The molecule has 0 amide bonds. The lowest BCUT2D eigenvalue weighted by atomic mass is 9.84. The summed E-state index contributed by atoms with van der Waals surface area (Å²) in [5.41, 5.74) is 12.1. The molecule has 45 heavy (non-hydrogen) atoms. The average molecular weight is 607 g/mol. The summed E-state index contributed by atoms with van der Waals surface area (Å²) in [6.07, 6.45) is 3.23. The fraction of sp³-hybridized carbons (Fsp3) is 0.361. The van der Waals surface area contributed by atoms with Crippen LogP contribution in [-0.2, 0) is 19.1 Å². The molecule has 2 N–H and O–H groups in total. The van der Waals surface area contributed by atoms with Crippen LogP contribution in [0.25, 0.3) is 39.3 Å². The molecule has 0 saturated carbocycles. The van der Waals surface area contributed by atoms with Crippen LogP contribution in [0.1, 0.15) is 113 Å². The van der Waals surface area contributed by atoms with Crippen LogP contribution in [0.4, 0.5) is 0 Å². The first-order valence-electron chi connectivity index (χ1n) is 15.3. The fourth-order valence-electron chi connectivity index (χ4n) is 7.19. The van der Waals surface area contributed by atoms with Crippen molar-refractivity contribution in [2.24, 2.45) is 0 Å². The van der Waals surface area contributed by atoms with E-state index < -0.39 is 11.9 Å². The van der Waals surface area contributed by atoms with Gasteiger partial charge in [-0.2, -0.15) is 0 Å². The second-order valence-corrected chi connectivity index (χ2v) is 12.0. The molecule has 2 aliphatic heterocycles. The van der Waals surface area contributed by atoms with Crippen LogP contribution in [0, 0.1) is 13.8 Å². The number of nitrogens with one attached hydrogen (secondary N) is 2. The third-order valence-electron chi connectivity index (χ3n) is 9.79. The molecule has 0 saturated heterocycles. The Bertz CT molecular complexity index is 2010. The van der Waals surface area contributed by atoms with Gasteiger partial charge in [-0.25, -0.2) is 4.98 Å². The Kier molecular flexibility index (Phi) is 7.59. The summed E-state index contributed by atoms with van der Waals surface area (Å²) in [6.45, 7) is 14.3. The largest absolute Gasteiger partial charge is 0.469 e. The number of hydrogen-bond donors (Lipinski definition) is 2. The number of Topliss-reactive ketones (excluding diaryl/α,β-unsaturated/α-hetero) is 1. The lowest BCUT2D eigenvalue weighted by Gasteiger charge is -2.18. The highest BCUT2D eigenvalue weighted by atomic mass is 16.5. The maximum atomic E-state index is 14.1. The fourth-order valence-corrected chi connectivity index (χ4v) is 7.19. The van der Waals surface area contributed by atoms with Crippen LogP contribution in [0.5, 0.6) is 0 Å². The van der Waals surface area contributed by atoms with Gasteiger partial charge in [0.2, 0.25) is 0 Å². The zero-order valence-electron chi connectivity index (χ0n) is 26.8. The summed E-state index contributed by atoms with van der Waals surface area (Å²) < 4.78 is 10.1. The molecule has 232 valence electrons. The minimum Gasteiger partial charge on any atom is -0.469 e. The zero-order valence-corrected chi connectivity index (χ0v) is 26.8. The van der Waals surface area contributed by atoms with Crippen LogP contribution in [0.15, 0.2) is 24.8 Å². The highest BCUT2D eigenvalue weighted by Crippen LogP contribution is 2.48. The Balaban J connectivity index is 1.80. The predicted molar refractivity (Wildman–Crippen MR) is 175 cm³/mol. The number of esters is 2. The van der Waals surface area contributed by atoms with Crippen molar-refractivity contribution in [2.45, 2.75) is 71.6 Å². The Labute approximate surface area is 261 Å². The van der Waals surface area contributed by atoms with Gasteiger partial charge in [-0.1, -0.05) is 26.5 Å². The van der Waals surface area contributed by atoms with E-state index in [9.17, 15) is 14.4 Å². The number of aromatic amines is 2. The smallest absolute Gasteiger partial charge is 0.321 e. The van der Waals surface area contributed by atoms with Gasteiger partial charge in [0.15, 0.2) is 5.78 Å². The minimum atomic E-state index is -1.16. The molecule has 0 fully saturated rings. The van der Waals surface area contributed by atoms with E-state index in [0.29, 0.717) is 28.8 Å². The third kappa shape index (κ3) is 4.64. The highest BCUT2D eigenvalue weighted by molar-refractivity contribution is 6.23.